The van der Waals surface area contributed by atoms with Crippen LogP contribution in [0.2, 0.25) is 0 Å². The molecule has 5 heteroatoms. The summed E-state index contributed by atoms with van der Waals surface area (Å²) in [5.41, 5.74) is 0.635. The van der Waals surface area contributed by atoms with Gasteiger partial charge < -0.3 is 14.6 Å². The molecule has 0 bridgehead atoms. The molecule has 1 N–H and O–H groups in total. The number of nitrogens with one attached hydrogen (secondary N) is 1. The molecule has 0 aliphatic carbocycles. The summed E-state index contributed by atoms with van der Waals surface area (Å²) < 4.78 is 4.93. The van der Waals surface area contributed by atoms with Crippen molar-refractivity contribution in [3.63, 3.8) is 0 Å². The van der Waals surface area contributed by atoms with Crippen LogP contribution in [0.5, 0.6) is 0 Å². The van der Waals surface area contributed by atoms with Gasteiger partial charge in [0.05, 0.1) is 11.8 Å². The van der Waals surface area contributed by atoms with Crippen molar-refractivity contribution in [2.75, 3.05) is 13.1 Å². The predicted octanol–water partition coefficient (Wildman–Crippen LogP) is 1.52. The highest BCUT2D eigenvalue weighted by atomic mass is 35.5. The van der Waals surface area contributed by atoms with E-state index in [9.17, 15) is 4.79 Å². The minimum absolute atomic E-state index is 0. The molecule has 1 amide bonds. The number of nitrogens with zero attached hydrogens (tertiary/aromatic N) is 1. The monoisotopic (exact) mass is 244 g/mol. The molecule has 1 aromatic heterocycles. The first-order valence-electron chi connectivity index (χ1n) is 5.25. The van der Waals surface area contributed by atoms with Crippen LogP contribution in [0.1, 0.15) is 24.2 Å². The largest absolute Gasteiger partial charge is 0.472 e. The van der Waals surface area contributed by atoms with Gasteiger partial charge in [0.2, 0.25) is 0 Å². The zero-order chi connectivity index (χ0) is 10.8. The fourth-order valence-corrected chi connectivity index (χ4v) is 1.86. The third-order valence-corrected chi connectivity index (χ3v) is 2.79. The van der Waals surface area contributed by atoms with Gasteiger partial charge in [-0.3, -0.25) is 4.79 Å². The first kappa shape index (κ1) is 13.1. The molecule has 2 heterocycles. The third-order valence-electron chi connectivity index (χ3n) is 2.79. The summed E-state index contributed by atoms with van der Waals surface area (Å²) in [6.45, 7) is 5.74. The van der Waals surface area contributed by atoms with Crippen LogP contribution < -0.4 is 5.32 Å². The quantitative estimate of drug-likeness (QED) is 0.815. The summed E-state index contributed by atoms with van der Waals surface area (Å²) in [5, 5.41) is 3.34. The van der Waals surface area contributed by atoms with Gasteiger partial charge in [-0.1, -0.05) is 0 Å². The van der Waals surface area contributed by atoms with Crippen LogP contribution in [0, 0.1) is 0 Å². The maximum atomic E-state index is 12.1. The molecule has 4 nitrogen and oxygen atoms in total. The Labute approximate surface area is 101 Å². The third kappa shape index (κ3) is 2.57. The molecule has 1 aliphatic heterocycles. The van der Waals surface area contributed by atoms with Crippen molar-refractivity contribution in [3.05, 3.63) is 24.2 Å². The highest BCUT2D eigenvalue weighted by molar-refractivity contribution is 5.94. The van der Waals surface area contributed by atoms with Gasteiger partial charge in [0.15, 0.2) is 0 Å². The second kappa shape index (κ2) is 5.37. The second-order valence-corrected chi connectivity index (χ2v) is 4.13. The molecule has 2 atom stereocenters. The zero-order valence-corrected chi connectivity index (χ0v) is 10.3. The van der Waals surface area contributed by atoms with E-state index in [-0.39, 0.29) is 24.4 Å². The van der Waals surface area contributed by atoms with Crippen LogP contribution in [0.3, 0.4) is 0 Å². The molecule has 1 fully saturated rings. The summed E-state index contributed by atoms with van der Waals surface area (Å²) in [5.74, 6) is 0.0598. The van der Waals surface area contributed by atoms with Crippen molar-refractivity contribution in [2.45, 2.75) is 25.9 Å². The van der Waals surface area contributed by atoms with Crippen molar-refractivity contribution in [3.8, 4) is 0 Å². The number of amides is 1. The SMILES string of the molecule is CC1CN(C(=O)c2ccoc2)C(C)CN1.Cl. The van der Waals surface area contributed by atoms with E-state index in [0.717, 1.165) is 13.1 Å². The normalized spacial score (nSPS) is 25.0. The average molecular weight is 245 g/mol. The topological polar surface area (TPSA) is 45.5 Å². The number of carbonyl (C=O) groups is 1. The lowest BCUT2D eigenvalue weighted by Gasteiger charge is -2.37. The highest BCUT2D eigenvalue weighted by Crippen LogP contribution is 2.12. The molecule has 1 aromatic rings. The molecule has 90 valence electrons. The summed E-state index contributed by atoms with van der Waals surface area (Å²) in [4.78, 5) is 13.9. The molecule has 2 unspecified atom stereocenters. The average Bonchev–Trinajstić information content (AvgIpc) is 2.74. The Morgan fingerprint density at radius 2 is 2.31 bits per heavy atom. The van der Waals surface area contributed by atoms with Crippen LogP contribution >= 0.6 is 12.4 Å². The lowest BCUT2D eigenvalue weighted by molar-refractivity contribution is 0.0615. The fraction of sp³-hybridized carbons (Fsp3) is 0.545. The number of hydrogen-bond donors (Lipinski definition) is 1. The second-order valence-electron chi connectivity index (χ2n) is 4.13. The van der Waals surface area contributed by atoms with E-state index in [1.807, 2.05) is 4.90 Å². The standard InChI is InChI=1S/C11H16N2O2.ClH/c1-8-6-13(9(2)5-12-8)11(14)10-3-4-15-7-10;/h3-4,7-9,12H,5-6H2,1-2H3;1H. The summed E-state index contributed by atoms with van der Waals surface area (Å²) in [7, 11) is 0. The van der Waals surface area contributed by atoms with E-state index in [1.165, 1.54) is 12.5 Å². The van der Waals surface area contributed by atoms with Crippen LogP contribution in [0.25, 0.3) is 0 Å². The molecular weight excluding hydrogens is 228 g/mol. The molecule has 0 radical (unpaired) electrons. The van der Waals surface area contributed by atoms with Gasteiger partial charge >= 0.3 is 0 Å². The van der Waals surface area contributed by atoms with Crippen LogP contribution in [0.4, 0.5) is 0 Å². The van der Waals surface area contributed by atoms with Gasteiger partial charge in [0, 0.05) is 25.2 Å². The Morgan fingerprint density at radius 1 is 1.56 bits per heavy atom. The predicted molar refractivity (Wildman–Crippen MR) is 63.9 cm³/mol. The van der Waals surface area contributed by atoms with Gasteiger partial charge in [-0.2, -0.15) is 0 Å². The minimum atomic E-state index is 0. The van der Waals surface area contributed by atoms with Gasteiger partial charge in [0.25, 0.3) is 5.91 Å². The molecule has 0 saturated carbocycles. The lowest BCUT2D eigenvalue weighted by Crippen LogP contribution is -2.56. The highest BCUT2D eigenvalue weighted by Gasteiger charge is 2.27. The van der Waals surface area contributed by atoms with E-state index < -0.39 is 0 Å². The maximum Gasteiger partial charge on any atom is 0.257 e. The van der Waals surface area contributed by atoms with Gasteiger partial charge in [-0.25, -0.2) is 0 Å². The first-order valence-corrected chi connectivity index (χ1v) is 5.25. The van der Waals surface area contributed by atoms with Crippen molar-refractivity contribution in [2.24, 2.45) is 0 Å². The molecule has 16 heavy (non-hydrogen) atoms. The molecule has 1 aliphatic rings. The number of furan rings is 1. The van der Waals surface area contributed by atoms with Gasteiger partial charge in [0.1, 0.15) is 6.26 Å². The first-order chi connectivity index (χ1) is 7.18. The Kier molecular flexibility index (Phi) is 4.38. The zero-order valence-electron chi connectivity index (χ0n) is 9.47. The van der Waals surface area contributed by atoms with E-state index in [0.29, 0.717) is 11.6 Å². The number of hydrogen-bond acceptors (Lipinski definition) is 3. The molecule has 1 saturated heterocycles. The lowest BCUT2D eigenvalue weighted by atomic mass is 10.1. The van der Waals surface area contributed by atoms with Gasteiger partial charge in [-0.15, -0.1) is 12.4 Å². The maximum absolute atomic E-state index is 12.1. The smallest absolute Gasteiger partial charge is 0.257 e. The number of carbonyl (C=O) groups excluding carboxylic acids is 1. The Morgan fingerprint density at radius 3 is 2.94 bits per heavy atom. The Bertz CT molecular complexity index is 340. The molecule has 0 aromatic carbocycles. The van der Waals surface area contributed by atoms with E-state index in [1.54, 1.807) is 6.07 Å². The minimum Gasteiger partial charge on any atom is -0.472 e. The Hall–Kier alpha value is -1.00. The van der Waals surface area contributed by atoms with E-state index in [2.05, 4.69) is 19.2 Å². The van der Waals surface area contributed by atoms with Crippen molar-refractivity contribution >= 4 is 18.3 Å². The van der Waals surface area contributed by atoms with Gasteiger partial charge in [-0.05, 0) is 19.9 Å². The molecule has 2 rings (SSSR count). The number of halogens is 1. The van der Waals surface area contributed by atoms with E-state index in [4.69, 9.17) is 4.42 Å². The number of rotatable bonds is 1. The van der Waals surface area contributed by atoms with Crippen molar-refractivity contribution < 1.29 is 9.21 Å². The van der Waals surface area contributed by atoms with E-state index >= 15 is 0 Å². The van der Waals surface area contributed by atoms with Crippen LogP contribution in [-0.4, -0.2) is 36.0 Å². The number of piperazine rings is 1. The van der Waals surface area contributed by atoms with Crippen LogP contribution in [0.15, 0.2) is 23.0 Å². The van der Waals surface area contributed by atoms with Crippen molar-refractivity contribution in [1.82, 2.24) is 10.2 Å². The van der Waals surface area contributed by atoms with Crippen LogP contribution in [-0.2, 0) is 0 Å². The summed E-state index contributed by atoms with van der Waals surface area (Å²) in [6, 6.07) is 2.31. The summed E-state index contributed by atoms with van der Waals surface area (Å²) >= 11 is 0. The summed E-state index contributed by atoms with van der Waals surface area (Å²) in [6.07, 6.45) is 3.03. The molecule has 0 spiro atoms. The fourth-order valence-electron chi connectivity index (χ4n) is 1.86. The Balaban J connectivity index is 0.00000128. The molecular formula is C11H17ClN2O2. The van der Waals surface area contributed by atoms with Crippen molar-refractivity contribution in [1.29, 1.82) is 0 Å².